The molecule has 0 unspecified atom stereocenters. The number of anilines is 1. The lowest BCUT2D eigenvalue weighted by Crippen LogP contribution is -2.51. The lowest BCUT2D eigenvalue weighted by molar-refractivity contribution is -0.139. The standard InChI is InChI=1S/C28H32ClN3O5S/c1-4-30-28(34)21(2)31(18-22-10-12-24(29)13-11-22)27(33)19-32(38(3,35)36)25-14-16-26(17-15-25)37-20-23-8-6-5-7-9-23/h5-17,21H,4,18-20H2,1-3H3,(H,30,34)/t21-/m0/s1. The lowest BCUT2D eigenvalue weighted by Gasteiger charge is -2.31. The van der Waals surface area contributed by atoms with Gasteiger partial charge in [-0.1, -0.05) is 54.1 Å². The van der Waals surface area contributed by atoms with E-state index in [0.29, 0.717) is 29.6 Å². The van der Waals surface area contributed by atoms with E-state index >= 15 is 0 Å². The van der Waals surface area contributed by atoms with Crippen LogP contribution in [0.25, 0.3) is 0 Å². The van der Waals surface area contributed by atoms with Gasteiger partial charge in [-0.05, 0) is 61.4 Å². The van der Waals surface area contributed by atoms with Crippen LogP contribution in [0, 0.1) is 0 Å². The van der Waals surface area contributed by atoms with Gasteiger partial charge in [0, 0.05) is 18.1 Å². The third-order valence-corrected chi connectivity index (χ3v) is 7.23. The summed E-state index contributed by atoms with van der Waals surface area (Å²) in [6, 6.07) is 22.2. The number of sulfonamides is 1. The molecule has 0 saturated carbocycles. The van der Waals surface area contributed by atoms with Gasteiger partial charge in [-0.25, -0.2) is 8.42 Å². The van der Waals surface area contributed by atoms with E-state index in [0.717, 1.165) is 21.7 Å². The normalized spacial score (nSPS) is 11.9. The molecule has 3 aromatic rings. The van der Waals surface area contributed by atoms with Crippen molar-refractivity contribution in [1.29, 1.82) is 0 Å². The van der Waals surface area contributed by atoms with Crippen molar-refractivity contribution in [3.8, 4) is 5.75 Å². The monoisotopic (exact) mass is 557 g/mol. The molecule has 1 atom stereocenters. The Morgan fingerprint density at radius 3 is 2.16 bits per heavy atom. The predicted octanol–water partition coefficient (Wildman–Crippen LogP) is 4.24. The highest BCUT2D eigenvalue weighted by molar-refractivity contribution is 7.92. The molecule has 1 N–H and O–H groups in total. The molecule has 3 rings (SSSR count). The fourth-order valence-corrected chi connectivity index (χ4v) is 4.73. The van der Waals surface area contributed by atoms with Crippen LogP contribution in [0.5, 0.6) is 5.75 Å². The summed E-state index contributed by atoms with van der Waals surface area (Å²) in [6.07, 6.45) is 1.04. The molecule has 3 aromatic carbocycles. The number of nitrogens with one attached hydrogen (secondary N) is 1. The van der Waals surface area contributed by atoms with Gasteiger partial charge < -0.3 is 15.0 Å². The van der Waals surface area contributed by atoms with Gasteiger partial charge in [-0.2, -0.15) is 0 Å². The van der Waals surface area contributed by atoms with E-state index in [9.17, 15) is 18.0 Å². The first-order chi connectivity index (χ1) is 18.1. The van der Waals surface area contributed by atoms with Gasteiger partial charge >= 0.3 is 0 Å². The zero-order valence-electron chi connectivity index (χ0n) is 21.6. The highest BCUT2D eigenvalue weighted by Crippen LogP contribution is 2.23. The van der Waals surface area contributed by atoms with E-state index < -0.39 is 28.5 Å². The van der Waals surface area contributed by atoms with Crippen molar-refractivity contribution in [3.05, 3.63) is 95.0 Å². The number of benzene rings is 3. The number of rotatable bonds is 12. The van der Waals surface area contributed by atoms with Crippen LogP contribution in [-0.2, 0) is 32.8 Å². The topological polar surface area (TPSA) is 96.0 Å². The average Bonchev–Trinajstić information content (AvgIpc) is 2.90. The first kappa shape index (κ1) is 29.0. The van der Waals surface area contributed by atoms with Crippen LogP contribution >= 0.6 is 11.6 Å². The number of carbonyl (C=O) groups excluding carboxylic acids is 2. The van der Waals surface area contributed by atoms with Crippen LogP contribution in [0.15, 0.2) is 78.9 Å². The van der Waals surface area contributed by atoms with Crippen molar-refractivity contribution in [3.63, 3.8) is 0 Å². The number of nitrogens with zero attached hydrogens (tertiary/aromatic N) is 2. The Balaban J connectivity index is 1.80. The summed E-state index contributed by atoms with van der Waals surface area (Å²) in [4.78, 5) is 27.5. The summed E-state index contributed by atoms with van der Waals surface area (Å²) < 4.78 is 32.2. The minimum atomic E-state index is -3.82. The summed E-state index contributed by atoms with van der Waals surface area (Å²) in [7, 11) is -3.82. The Morgan fingerprint density at radius 2 is 1.58 bits per heavy atom. The fraction of sp³-hybridized carbons (Fsp3) is 0.286. The number of amides is 2. The molecule has 8 nitrogen and oxygen atoms in total. The van der Waals surface area contributed by atoms with E-state index in [-0.39, 0.29) is 12.5 Å². The number of carbonyl (C=O) groups is 2. The van der Waals surface area contributed by atoms with Crippen molar-refractivity contribution in [1.82, 2.24) is 10.2 Å². The number of ether oxygens (including phenoxy) is 1. The van der Waals surface area contributed by atoms with Crippen LogP contribution in [0.3, 0.4) is 0 Å². The molecule has 38 heavy (non-hydrogen) atoms. The molecule has 10 heteroatoms. The fourth-order valence-electron chi connectivity index (χ4n) is 3.75. The predicted molar refractivity (Wildman–Crippen MR) is 150 cm³/mol. The Bertz CT molecular complexity index is 1320. The van der Waals surface area contributed by atoms with Crippen molar-refractivity contribution in [2.75, 3.05) is 23.7 Å². The molecular formula is C28H32ClN3O5S. The van der Waals surface area contributed by atoms with E-state index in [1.807, 2.05) is 30.3 Å². The number of hydrogen-bond acceptors (Lipinski definition) is 5. The SMILES string of the molecule is CCNC(=O)[C@H](C)N(Cc1ccc(Cl)cc1)C(=O)CN(c1ccc(OCc2ccccc2)cc1)S(C)(=O)=O. The van der Waals surface area contributed by atoms with Crippen LogP contribution in [-0.4, -0.2) is 50.5 Å². The first-order valence-electron chi connectivity index (χ1n) is 12.1. The van der Waals surface area contributed by atoms with E-state index in [4.69, 9.17) is 16.3 Å². The maximum absolute atomic E-state index is 13.5. The molecule has 0 bridgehead atoms. The van der Waals surface area contributed by atoms with Gasteiger partial charge in [-0.3, -0.25) is 13.9 Å². The van der Waals surface area contributed by atoms with Crippen LogP contribution in [0.2, 0.25) is 5.02 Å². The molecule has 0 fully saturated rings. The summed E-state index contributed by atoms with van der Waals surface area (Å²) in [5.74, 6) is -0.291. The van der Waals surface area contributed by atoms with Crippen molar-refractivity contribution >= 4 is 39.1 Å². The van der Waals surface area contributed by atoms with Gasteiger partial charge in [-0.15, -0.1) is 0 Å². The van der Waals surface area contributed by atoms with Crippen LogP contribution in [0.1, 0.15) is 25.0 Å². The van der Waals surface area contributed by atoms with E-state index in [2.05, 4.69) is 5.32 Å². The minimum Gasteiger partial charge on any atom is -0.489 e. The molecule has 0 radical (unpaired) electrons. The maximum Gasteiger partial charge on any atom is 0.244 e. The van der Waals surface area contributed by atoms with Crippen LogP contribution < -0.4 is 14.4 Å². The Kier molecular flexibility index (Phi) is 10.2. The van der Waals surface area contributed by atoms with E-state index in [1.165, 1.54) is 4.90 Å². The second kappa shape index (κ2) is 13.3. The lowest BCUT2D eigenvalue weighted by atomic mass is 10.1. The van der Waals surface area contributed by atoms with Gasteiger partial charge in [0.15, 0.2) is 0 Å². The average molecular weight is 558 g/mol. The first-order valence-corrected chi connectivity index (χ1v) is 14.4. The van der Waals surface area contributed by atoms with Gasteiger partial charge in [0.05, 0.1) is 11.9 Å². The molecule has 0 aliphatic carbocycles. The Hall–Kier alpha value is -3.56. The summed E-state index contributed by atoms with van der Waals surface area (Å²) in [5, 5.41) is 3.27. The van der Waals surface area contributed by atoms with Gasteiger partial charge in [0.1, 0.15) is 24.9 Å². The molecule has 2 amide bonds. The second-order valence-electron chi connectivity index (χ2n) is 8.76. The Morgan fingerprint density at radius 1 is 0.947 bits per heavy atom. The number of likely N-dealkylation sites (N-methyl/N-ethyl adjacent to an activating group) is 1. The largest absolute Gasteiger partial charge is 0.489 e. The van der Waals surface area contributed by atoms with Gasteiger partial charge in [0.25, 0.3) is 0 Å². The second-order valence-corrected chi connectivity index (χ2v) is 11.1. The smallest absolute Gasteiger partial charge is 0.244 e. The van der Waals surface area contributed by atoms with Crippen molar-refractivity contribution in [2.24, 2.45) is 0 Å². The zero-order chi connectivity index (χ0) is 27.7. The molecule has 0 aliphatic heterocycles. The number of halogens is 1. The molecule has 0 saturated heterocycles. The third-order valence-electron chi connectivity index (χ3n) is 5.84. The number of hydrogen-bond donors (Lipinski definition) is 1. The molecule has 0 spiro atoms. The molecular weight excluding hydrogens is 526 g/mol. The van der Waals surface area contributed by atoms with Gasteiger partial charge in [0.2, 0.25) is 21.8 Å². The highest BCUT2D eigenvalue weighted by atomic mass is 35.5. The van der Waals surface area contributed by atoms with Crippen molar-refractivity contribution < 1.29 is 22.7 Å². The van der Waals surface area contributed by atoms with Crippen LogP contribution in [0.4, 0.5) is 5.69 Å². The summed E-state index contributed by atoms with van der Waals surface area (Å²) in [5.41, 5.74) is 2.07. The highest BCUT2D eigenvalue weighted by Gasteiger charge is 2.30. The summed E-state index contributed by atoms with van der Waals surface area (Å²) >= 11 is 5.99. The quantitative estimate of drug-likeness (QED) is 0.359. The molecule has 202 valence electrons. The van der Waals surface area contributed by atoms with Crippen molar-refractivity contribution in [2.45, 2.75) is 33.0 Å². The Labute approximate surface area is 229 Å². The third kappa shape index (κ3) is 8.22. The maximum atomic E-state index is 13.5. The summed E-state index contributed by atoms with van der Waals surface area (Å²) in [6.45, 7) is 3.81. The van der Waals surface area contributed by atoms with E-state index in [1.54, 1.807) is 62.4 Å². The zero-order valence-corrected chi connectivity index (χ0v) is 23.2. The molecule has 0 aliphatic rings. The molecule has 0 aromatic heterocycles. The molecule has 0 heterocycles. The minimum absolute atomic E-state index is 0.109.